The summed E-state index contributed by atoms with van der Waals surface area (Å²) in [5.41, 5.74) is 0.476. The van der Waals surface area contributed by atoms with Gasteiger partial charge in [0.1, 0.15) is 5.75 Å². The Morgan fingerprint density at radius 3 is 2.67 bits per heavy atom. The number of nitrogens with one attached hydrogen (secondary N) is 1. The van der Waals surface area contributed by atoms with Crippen LogP contribution >= 0.6 is 23.2 Å². The SMILES string of the molecule is COCCNCc1cc(Cl)cc(Cl)c1OC(F)F. The van der Waals surface area contributed by atoms with Gasteiger partial charge in [0.25, 0.3) is 0 Å². The quantitative estimate of drug-likeness (QED) is 0.784. The van der Waals surface area contributed by atoms with Gasteiger partial charge >= 0.3 is 6.61 Å². The summed E-state index contributed by atoms with van der Waals surface area (Å²) in [4.78, 5) is 0. The molecular formula is C11H13Cl2F2NO2. The zero-order valence-corrected chi connectivity index (χ0v) is 11.2. The van der Waals surface area contributed by atoms with Crippen molar-refractivity contribution in [3.05, 3.63) is 27.7 Å². The van der Waals surface area contributed by atoms with Gasteiger partial charge in [0.05, 0.1) is 11.6 Å². The Morgan fingerprint density at radius 2 is 2.06 bits per heavy atom. The lowest BCUT2D eigenvalue weighted by molar-refractivity contribution is -0.0504. The van der Waals surface area contributed by atoms with Gasteiger partial charge in [0.15, 0.2) is 0 Å². The maximum absolute atomic E-state index is 12.3. The molecule has 0 heterocycles. The van der Waals surface area contributed by atoms with Crippen LogP contribution in [0.15, 0.2) is 12.1 Å². The van der Waals surface area contributed by atoms with E-state index in [-0.39, 0.29) is 10.8 Å². The molecule has 0 unspecified atom stereocenters. The average Bonchev–Trinajstić information content (AvgIpc) is 2.28. The smallest absolute Gasteiger partial charge is 0.387 e. The van der Waals surface area contributed by atoms with Gasteiger partial charge in [-0.1, -0.05) is 23.2 Å². The van der Waals surface area contributed by atoms with E-state index in [1.807, 2.05) is 0 Å². The lowest BCUT2D eigenvalue weighted by atomic mass is 10.2. The van der Waals surface area contributed by atoms with Crippen LogP contribution in [0, 0.1) is 0 Å². The van der Waals surface area contributed by atoms with Crippen LogP contribution < -0.4 is 10.1 Å². The molecule has 0 saturated carbocycles. The maximum Gasteiger partial charge on any atom is 0.387 e. The van der Waals surface area contributed by atoms with Gasteiger partial charge in [-0.3, -0.25) is 0 Å². The standard InChI is InChI=1S/C11H13Cl2F2NO2/c1-17-3-2-16-6-7-4-8(12)5-9(13)10(7)18-11(14)15/h4-5,11,16H,2-3,6H2,1H3. The Kier molecular flexibility index (Phi) is 6.63. The van der Waals surface area contributed by atoms with E-state index in [0.29, 0.717) is 30.3 Å². The van der Waals surface area contributed by atoms with Crippen molar-refractivity contribution in [1.29, 1.82) is 0 Å². The van der Waals surface area contributed by atoms with Crippen LogP contribution in [0.2, 0.25) is 10.0 Å². The maximum atomic E-state index is 12.3. The lowest BCUT2D eigenvalue weighted by Gasteiger charge is -2.13. The van der Waals surface area contributed by atoms with E-state index in [0.717, 1.165) is 0 Å². The van der Waals surface area contributed by atoms with E-state index in [9.17, 15) is 8.78 Å². The molecule has 0 aliphatic rings. The first-order chi connectivity index (χ1) is 8.54. The zero-order chi connectivity index (χ0) is 13.5. The third-order valence-electron chi connectivity index (χ3n) is 2.09. The largest absolute Gasteiger partial charge is 0.433 e. The van der Waals surface area contributed by atoms with Crippen LogP contribution in [-0.4, -0.2) is 26.9 Å². The van der Waals surface area contributed by atoms with Gasteiger partial charge in [-0.25, -0.2) is 0 Å². The Bertz CT molecular complexity index is 392. The molecule has 0 radical (unpaired) electrons. The summed E-state index contributed by atoms with van der Waals surface area (Å²) in [7, 11) is 1.57. The normalized spacial score (nSPS) is 11.0. The highest BCUT2D eigenvalue weighted by molar-refractivity contribution is 6.35. The molecule has 0 aliphatic carbocycles. The predicted octanol–water partition coefficient (Wildman–Crippen LogP) is 3.33. The first-order valence-corrected chi connectivity index (χ1v) is 5.92. The Morgan fingerprint density at radius 1 is 1.33 bits per heavy atom. The van der Waals surface area contributed by atoms with E-state index < -0.39 is 6.61 Å². The molecule has 7 heteroatoms. The van der Waals surface area contributed by atoms with Gasteiger partial charge in [-0.05, 0) is 12.1 Å². The molecule has 1 aromatic rings. The molecule has 1 rings (SSSR count). The van der Waals surface area contributed by atoms with Gasteiger partial charge in [-0.2, -0.15) is 8.78 Å². The summed E-state index contributed by atoms with van der Waals surface area (Å²) < 4.78 is 33.8. The van der Waals surface area contributed by atoms with E-state index in [1.54, 1.807) is 7.11 Å². The van der Waals surface area contributed by atoms with Crippen LogP contribution in [0.1, 0.15) is 5.56 Å². The fourth-order valence-electron chi connectivity index (χ4n) is 1.36. The summed E-state index contributed by atoms with van der Waals surface area (Å²) in [6.45, 7) is -1.53. The molecule has 1 N–H and O–H groups in total. The van der Waals surface area contributed by atoms with Gasteiger partial charge in [0.2, 0.25) is 0 Å². The third-order valence-corrected chi connectivity index (χ3v) is 2.59. The molecule has 0 aliphatic heterocycles. The number of ether oxygens (including phenoxy) is 2. The summed E-state index contributed by atoms with van der Waals surface area (Å²) in [5, 5.41) is 3.43. The second-order valence-corrected chi connectivity index (χ2v) is 4.27. The van der Waals surface area contributed by atoms with Crippen molar-refractivity contribution in [3.63, 3.8) is 0 Å². The number of hydrogen-bond donors (Lipinski definition) is 1. The topological polar surface area (TPSA) is 30.5 Å². The molecular weight excluding hydrogens is 287 g/mol. The van der Waals surface area contributed by atoms with Crippen molar-refractivity contribution < 1.29 is 18.3 Å². The number of rotatable bonds is 7. The second kappa shape index (κ2) is 7.74. The van der Waals surface area contributed by atoms with Crippen LogP contribution in [0.25, 0.3) is 0 Å². The fourth-order valence-corrected chi connectivity index (χ4v) is 1.94. The fraction of sp³-hybridized carbons (Fsp3) is 0.455. The monoisotopic (exact) mass is 299 g/mol. The minimum atomic E-state index is -2.93. The highest BCUT2D eigenvalue weighted by atomic mass is 35.5. The predicted molar refractivity (Wildman–Crippen MR) is 66.7 cm³/mol. The summed E-state index contributed by atoms with van der Waals surface area (Å²) in [5.74, 6) is -0.0546. The molecule has 0 atom stereocenters. The average molecular weight is 300 g/mol. The molecule has 0 saturated heterocycles. The van der Waals surface area contributed by atoms with Gasteiger partial charge in [0, 0.05) is 30.8 Å². The summed E-state index contributed by atoms with van der Waals surface area (Å²) in [6.07, 6.45) is 0. The molecule has 0 spiro atoms. The number of benzene rings is 1. The Labute approximate surface area is 114 Å². The first-order valence-electron chi connectivity index (χ1n) is 5.17. The van der Waals surface area contributed by atoms with Gasteiger partial charge < -0.3 is 14.8 Å². The van der Waals surface area contributed by atoms with E-state index in [1.165, 1.54) is 12.1 Å². The van der Waals surface area contributed by atoms with Crippen LogP contribution in [-0.2, 0) is 11.3 Å². The molecule has 0 bridgehead atoms. The van der Waals surface area contributed by atoms with E-state index in [4.69, 9.17) is 27.9 Å². The molecule has 102 valence electrons. The minimum absolute atomic E-state index is 0.0546. The van der Waals surface area contributed by atoms with Crippen molar-refractivity contribution in [2.75, 3.05) is 20.3 Å². The van der Waals surface area contributed by atoms with E-state index in [2.05, 4.69) is 10.1 Å². The van der Waals surface area contributed by atoms with E-state index >= 15 is 0 Å². The zero-order valence-electron chi connectivity index (χ0n) is 9.68. The molecule has 0 aromatic heterocycles. The molecule has 18 heavy (non-hydrogen) atoms. The second-order valence-electron chi connectivity index (χ2n) is 3.42. The third kappa shape index (κ3) is 4.94. The number of halogens is 4. The number of hydrogen-bond acceptors (Lipinski definition) is 3. The molecule has 0 amide bonds. The Hall–Kier alpha value is -0.620. The van der Waals surface area contributed by atoms with Crippen LogP contribution in [0.4, 0.5) is 8.78 Å². The lowest BCUT2D eigenvalue weighted by Crippen LogP contribution is -2.19. The highest BCUT2D eigenvalue weighted by Gasteiger charge is 2.14. The number of alkyl halides is 2. The Balaban J connectivity index is 2.79. The van der Waals surface area contributed by atoms with Crippen LogP contribution in [0.3, 0.4) is 0 Å². The summed E-state index contributed by atoms with van der Waals surface area (Å²) in [6, 6.07) is 2.89. The minimum Gasteiger partial charge on any atom is -0.433 e. The number of methoxy groups -OCH3 is 1. The van der Waals surface area contributed by atoms with Crippen molar-refractivity contribution in [3.8, 4) is 5.75 Å². The van der Waals surface area contributed by atoms with Crippen molar-refractivity contribution in [1.82, 2.24) is 5.32 Å². The van der Waals surface area contributed by atoms with Gasteiger partial charge in [-0.15, -0.1) is 0 Å². The highest BCUT2D eigenvalue weighted by Crippen LogP contribution is 2.33. The van der Waals surface area contributed by atoms with Crippen molar-refractivity contribution in [2.24, 2.45) is 0 Å². The van der Waals surface area contributed by atoms with Crippen molar-refractivity contribution in [2.45, 2.75) is 13.2 Å². The molecule has 1 aromatic carbocycles. The molecule has 3 nitrogen and oxygen atoms in total. The van der Waals surface area contributed by atoms with Crippen molar-refractivity contribution >= 4 is 23.2 Å². The molecule has 0 fully saturated rings. The van der Waals surface area contributed by atoms with Crippen LogP contribution in [0.5, 0.6) is 5.75 Å². The first kappa shape index (κ1) is 15.4. The summed E-state index contributed by atoms with van der Waals surface area (Å²) >= 11 is 11.6.